The third-order valence-electron chi connectivity index (χ3n) is 7.49. The van der Waals surface area contributed by atoms with Gasteiger partial charge in [-0.05, 0) is 43.2 Å². The van der Waals surface area contributed by atoms with E-state index in [1.165, 1.54) is 6.08 Å². The summed E-state index contributed by atoms with van der Waals surface area (Å²) in [7, 11) is 0. The third-order valence-corrected chi connectivity index (χ3v) is 7.49. The predicted molar refractivity (Wildman–Crippen MR) is 147 cm³/mol. The van der Waals surface area contributed by atoms with Crippen LogP contribution in [0, 0.1) is 12.8 Å². The van der Waals surface area contributed by atoms with Crippen molar-refractivity contribution in [3.63, 3.8) is 0 Å². The number of carbonyl (C=O) groups excluding carboxylic acids is 2. The number of benzene rings is 2. The van der Waals surface area contributed by atoms with Gasteiger partial charge in [-0.1, -0.05) is 18.7 Å². The monoisotopic (exact) mass is 526 g/mol. The molecule has 2 fully saturated rings. The first kappa shape index (κ1) is 24.8. The Balaban J connectivity index is 1.38. The minimum atomic E-state index is -0.0724. The van der Waals surface area contributed by atoms with Crippen LogP contribution in [0.4, 0.5) is 5.82 Å². The van der Waals surface area contributed by atoms with E-state index < -0.39 is 0 Å². The predicted octanol–water partition coefficient (Wildman–Crippen LogP) is 4.19. The molecule has 10 heteroatoms. The van der Waals surface area contributed by atoms with E-state index in [4.69, 9.17) is 19.4 Å². The maximum atomic E-state index is 12.1. The van der Waals surface area contributed by atoms with Crippen molar-refractivity contribution in [2.75, 3.05) is 37.7 Å². The number of nitrogens with zero attached hydrogens (tertiary/aromatic N) is 5. The number of H-pyrrole nitrogens is 1. The Hall–Kier alpha value is -4.47. The van der Waals surface area contributed by atoms with Crippen LogP contribution in [0.3, 0.4) is 0 Å². The molecular weight excluding hydrogens is 496 g/mol. The van der Waals surface area contributed by atoms with E-state index in [1.807, 2.05) is 37.3 Å². The molecule has 10 nitrogen and oxygen atoms in total. The Morgan fingerprint density at radius 1 is 1.15 bits per heavy atom. The van der Waals surface area contributed by atoms with Crippen LogP contribution in [-0.4, -0.2) is 69.5 Å². The van der Waals surface area contributed by atoms with Crippen molar-refractivity contribution in [3.05, 3.63) is 54.7 Å². The number of aromatic amines is 1. The maximum absolute atomic E-state index is 12.1. The second-order valence-electron chi connectivity index (χ2n) is 10.1. The number of Topliss-reactive ketones (excluding diaryl/α,β-unsaturated/α-hetero) is 1. The van der Waals surface area contributed by atoms with Crippen LogP contribution in [0.5, 0.6) is 17.5 Å². The van der Waals surface area contributed by atoms with Gasteiger partial charge in [-0.25, -0.2) is 0 Å². The fourth-order valence-corrected chi connectivity index (χ4v) is 5.32. The molecule has 1 aliphatic heterocycles. The van der Waals surface area contributed by atoms with E-state index in [2.05, 4.69) is 21.7 Å². The second-order valence-corrected chi connectivity index (χ2v) is 10.1. The van der Waals surface area contributed by atoms with Gasteiger partial charge < -0.3 is 19.3 Å². The molecule has 1 saturated carbocycles. The summed E-state index contributed by atoms with van der Waals surface area (Å²) in [5, 5.41) is 8.88. The summed E-state index contributed by atoms with van der Waals surface area (Å²) < 4.78 is 12.6. The first-order valence-corrected chi connectivity index (χ1v) is 13.2. The van der Waals surface area contributed by atoms with E-state index in [-0.39, 0.29) is 23.6 Å². The molecule has 39 heavy (non-hydrogen) atoms. The first-order valence-electron chi connectivity index (χ1n) is 13.2. The summed E-state index contributed by atoms with van der Waals surface area (Å²) >= 11 is 0. The van der Waals surface area contributed by atoms with Gasteiger partial charge >= 0.3 is 6.01 Å². The average molecular weight is 527 g/mol. The molecule has 4 aromatic rings. The molecule has 2 aromatic heterocycles. The molecule has 0 bridgehead atoms. The number of amides is 1. The van der Waals surface area contributed by atoms with E-state index in [0.717, 1.165) is 34.1 Å². The lowest BCUT2D eigenvalue weighted by Crippen LogP contribution is -2.48. The molecule has 2 aromatic carbocycles. The maximum Gasteiger partial charge on any atom is 0.319 e. The van der Waals surface area contributed by atoms with Gasteiger partial charge in [0, 0.05) is 50.3 Å². The van der Waals surface area contributed by atoms with Gasteiger partial charge in [-0.2, -0.15) is 15.1 Å². The molecular formula is C29H30N6O4. The highest BCUT2D eigenvalue weighted by Gasteiger charge is 2.26. The molecule has 0 radical (unpaired) electrons. The quantitative estimate of drug-likeness (QED) is 0.357. The highest BCUT2D eigenvalue weighted by Crippen LogP contribution is 2.38. The van der Waals surface area contributed by atoms with Crippen molar-refractivity contribution in [2.24, 2.45) is 5.92 Å². The molecule has 2 aliphatic rings. The van der Waals surface area contributed by atoms with E-state index in [0.29, 0.717) is 62.6 Å². The number of hydrogen-bond acceptors (Lipinski definition) is 8. The fraction of sp³-hybridized carbons (Fsp3) is 0.345. The van der Waals surface area contributed by atoms with Crippen molar-refractivity contribution in [1.82, 2.24) is 25.1 Å². The van der Waals surface area contributed by atoms with Crippen LogP contribution >= 0.6 is 0 Å². The molecule has 3 heterocycles. The number of ketones is 1. The van der Waals surface area contributed by atoms with Gasteiger partial charge in [0.15, 0.2) is 5.75 Å². The molecule has 1 atom stereocenters. The zero-order chi connectivity index (χ0) is 26.9. The molecule has 1 aliphatic carbocycles. The number of anilines is 1. The summed E-state index contributed by atoms with van der Waals surface area (Å²) in [5.41, 5.74) is 2.48. The standard InChI is InChI=1S/C29H30N6O4/c1-3-25(37)34-11-13-35(14-12-34)28-21-5-4-6-24(39-27-18(2)7-10-23-22(27)16-30-33-23)26(21)31-29(32-28)38-17-19-8-9-20(36)15-19/h3-7,10,16,19H,1,8-9,11-15,17H2,2H3,(H,30,33)/t19-/m1/s1. The number of nitrogens with one attached hydrogen (secondary N) is 1. The normalized spacial score (nSPS) is 17.7. The average Bonchev–Trinajstić information content (AvgIpc) is 3.61. The topological polar surface area (TPSA) is 114 Å². The second kappa shape index (κ2) is 10.4. The molecule has 6 rings (SSSR count). The SMILES string of the molecule is C=CC(=O)N1CCN(c2nc(OC[C@@H]3CCC(=O)C3)nc3c(Oc4c(C)ccc5[nH]ncc45)cccc23)CC1. The van der Waals surface area contributed by atoms with Gasteiger partial charge in [0.25, 0.3) is 0 Å². The number of hydrogen-bond donors (Lipinski definition) is 1. The Labute approximate surface area is 225 Å². The van der Waals surface area contributed by atoms with Crippen LogP contribution in [0.1, 0.15) is 24.8 Å². The van der Waals surface area contributed by atoms with Crippen molar-refractivity contribution >= 4 is 39.3 Å². The van der Waals surface area contributed by atoms with E-state index in [1.54, 1.807) is 11.1 Å². The van der Waals surface area contributed by atoms with Gasteiger partial charge in [0.05, 0.1) is 23.7 Å². The molecule has 0 spiro atoms. The number of carbonyl (C=O) groups is 2. The van der Waals surface area contributed by atoms with Crippen molar-refractivity contribution in [1.29, 1.82) is 0 Å². The Bertz CT molecular complexity index is 1570. The molecule has 200 valence electrons. The van der Waals surface area contributed by atoms with Gasteiger partial charge in [-0.15, -0.1) is 0 Å². The highest BCUT2D eigenvalue weighted by atomic mass is 16.5. The number of rotatable bonds is 7. The summed E-state index contributed by atoms with van der Waals surface area (Å²) in [6.07, 6.45) is 5.05. The summed E-state index contributed by atoms with van der Waals surface area (Å²) in [5.74, 6) is 2.38. The van der Waals surface area contributed by atoms with Crippen LogP contribution in [0.25, 0.3) is 21.8 Å². The highest BCUT2D eigenvalue weighted by molar-refractivity contribution is 5.95. The lowest BCUT2D eigenvalue weighted by molar-refractivity contribution is -0.126. The van der Waals surface area contributed by atoms with Gasteiger partial charge in [0.1, 0.15) is 22.9 Å². The molecule has 1 N–H and O–H groups in total. The molecule has 1 amide bonds. The summed E-state index contributed by atoms with van der Waals surface area (Å²) in [6.45, 7) is 8.34. The number of piperazine rings is 1. The smallest absolute Gasteiger partial charge is 0.319 e. The zero-order valence-electron chi connectivity index (χ0n) is 21.9. The number of para-hydroxylation sites is 1. The lowest BCUT2D eigenvalue weighted by Gasteiger charge is -2.35. The third kappa shape index (κ3) is 4.89. The lowest BCUT2D eigenvalue weighted by atomic mass is 10.1. The number of aromatic nitrogens is 4. The zero-order valence-corrected chi connectivity index (χ0v) is 21.9. The Kier molecular flexibility index (Phi) is 6.60. The van der Waals surface area contributed by atoms with E-state index >= 15 is 0 Å². The van der Waals surface area contributed by atoms with Crippen LogP contribution < -0.4 is 14.4 Å². The van der Waals surface area contributed by atoms with Gasteiger partial charge in [0.2, 0.25) is 5.91 Å². The number of aryl methyl sites for hydroxylation is 1. The van der Waals surface area contributed by atoms with Crippen LogP contribution in [0.15, 0.2) is 49.2 Å². The Morgan fingerprint density at radius 2 is 2.00 bits per heavy atom. The van der Waals surface area contributed by atoms with Gasteiger partial charge in [-0.3, -0.25) is 14.7 Å². The molecule has 1 saturated heterocycles. The van der Waals surface area contributed by atoms with E-state index in [9.17, 15) is 9.59 Å². The summed E-state index contributed by atoms with van der Waals surface area (Å²) in [4.78, 5) is 37.4. The Morgan fingerprint density at radius 3 is 2.77 bits per heavy atom. The number of fused-ring (bicyclic) bond motifs is 2. The first-order chi connectivity index (χ1) is 19.0. The number of ether oxygens (including phenoxy) is 2. The summed E-state index contributed by atoms with van der Waals surface area (Å²) in [6, 6.07) is 10.0. The minimum absolute atomic E-state index is 0.0724. The van der Waals surface area contributed by atoms with Crippen molar-refractivity contribution < 1.29 is 19.1 Å². The minimum Gasteiger partial charge on any atom is -0.463 e. The van der Waals surface area contributed by atoms with Crippen LogP contribution in [0.2, 0.25) is 0 Å². The largest absolute Gasteiger partial charge is 0.463 e. The van der Waals surface area contributed by atoms with Crippen LogP contribution in [-0.2, 0) is 9.59 Å². The van der Waals surface area contributed by atoms with Crippen molar-refractivity contribution in [2.45, 2.75) is 26.2 Å². The fourth-order valence-electron chi connectivity index (χ4n) is 5.32. The molecule has 0 unspecified atom stereocenters. The van der Waals surface area contributed by atoms with Crippen molar-refractivity contribution in [3.8, 4) is 17.5 Å².